The van der Waals surface area contributed by atoms with Crippen molar-refractivity contribution < 1.29 is 35.5 Å². The molecule has 0 bridgehead atoms. The summed E-state index contributed by atoms with van der Waals surface area (Å²) in [5, 5.41) is 2.96. The summed E-state index contributed by atoms with van der Waals surface area (Å²) < 4.78 is 62.3. The largest absolute Gasteiger partial charge is 0.456 e. The van der Waals surface area contributed by atoms with E-state index in [0.717, 1.165) is 44.0 Å². The summed E-state index contributed by atoms with van der Waals surface area (Å²) in [7, 11) is -2.96. The van der Waals surface area contributed by atoms with Gasteiger partial charge >= 0.3 is 21.0 Å². The van der Waals surface area contributed by atoms with E-state index in [1.54, 1.807) is 18.2 Å². The van der Waals surface area contributed by atoms with Crippen LogP contribution in [0.5, 0.6) is 5.75 Å². The summed E-state index contributed by atoms with van der Waals surface area (Å²) in [5.41, 5.74) is 10.4. The van der Waals surface area contributed by atoms with Gasteiger partial charge in [0.15, 0.2) is 5.75 Å². The number of nitrogens with zero attached hydrogens (tertiary/aromatic N) is 2. The summed E-state index contributed by atoms with van der Waals surface area (Å²) in [4.78, 5) is 1.91. The molecule has 0 saturated carbocycles. The second kappa shape index (κ2) is 11.0. The first-order chi connectivity index (χ1) is 24.3. The third-order valence-corrected chi connectivity index (χ3v) is 9.58. The predicted octanol–water partition coefficient (Wildman–Crippen LogP) is 9.06. The van der Waals surface area contributed by atoms with E-state index in [1.165, 1.54) is 4.57 Å². The molecule has 8 aromatic rings. The maximum Gasteiger partial charge on any atom is 0.385 e. The molecule has 1 aliphatic rings. The average Bonchev–Trinajstić information content (AvgIpc) is 3.85. The third-order valence-electron chi connectivity index (χ3n) is 8.81. The average molecular weight is 678 g/mol. The highest BCUT2D eigenvalue weighted by Crippen LogP contribution is 2.44. The normalized spacial score (nSPS) is 14.2. The van der Waals surface area contributed by atoms with Crippen molar-refractivity contribution in [2.24, 2.45) is 0 Å². The van der Waals surface area contributed by atoms with Crippen LogP contribution in [0.3, 0.4) is 0 Å². The van der Waals surface area contributed by atoms with Gasteiger partial charge in [-0.25, -0.2) is 0 Å². The van der Waals surface area contributed by atoms with Crippen LogP contribution in [0.25, 0.3) is 71.7 Å². The van der Waals surface area contributed by atoms with Crippen molar-refractivity contribution in [3.05, 3.63) is 145 Å². The number of anilines is 1. The SMILES string of the molecule is C=C=C=C([n+]1c(C=C(C=C2Oc3cc4c(cc3N2C)oc2ccccc24)c2ccccc2)oc2cc3c(cc21)oc1ccccc13)S(=O)(=O)O. The van der Waals surface area contributed by atoms with Crippen molar-refractivity contribution in [1.29, 1.82) is 0 Å². The highest BCUT2D eigenvalue weighted by atomic mass is 32.2. The number of benzene rings is 5. The Morgan fingerprint density at radius 2 is 1.42 bits per heavy atom. The van der Waals surface area contributed by atoms with E-state index < -0.39 is 15.1 Å². The first-order valence-corrected chi connectivity index (χ1v) is 17.0. The van der Waals surface area contributed by atoms with Gasteiger partial charge in [0.2, 0.25) is 11.5 Å². The van der Waals surface area contributed by atoms with Gasteiger partial charge in [-0.05, 0) is 42.0 Å². The molecule has 0 unspecified atom stereocenters. The number of oxazole rings is 1. The molecule has 242 valence electrons. The maximum atomic E-state index is 12.8. The van der Waals surface area contributed by atoms with E-state index in [-0.39, 0.29) is 5.89 Å². The molecule has 9 nitrogen and oxygen atoms in total. The van der Waals surface area contributed by atoms with E-state index in [1.807, 2.05) is 109 Å². The number of allylic oxidation sites excluding steroid dienone is 2. The number of ether oxygens (including phenoxy) is 1. The highest BCUT2D eigenvalue weighted by molar-refractivity contribution is 7.94. The number of hydrogen-bond donors (Lipinski definition) is 1. The van der Waals surface area contributed by atoms with Crippen LogP contribution < -0.4 is 14.2 Å². The summed E-state index contributed by atoms with van der Waals surface area (Å²) in [6.45, 7) is 3.50. The molecule has 0 radical (unpaired) electrons. The minimum absolute atomic E-state index is 0.0742. The molecule has 3 aromatic heterocycles. The molecule has 0 fully saturated rings. The number of rotatable bonds is 5. The fourth-order valence-corrected chi connectivity index (χ4v) is 7.13. The Balaban J connectivity index is 1.26. The van der Waals surface area contributed by atoms with Gasteiger partial charge in [-0.2, -0.15) is 8.42 Å². The molecule has 1 aliphatic heterocycles. The summed E-state index contributed by atoms with van der Waals surface area (Å²) in [6.07, 6.45) is 3.52. The van der Waals surface area contributed by atoms with Crippen LogP contribution in [0.1, 0.15) is 11.5 Å². The van der Waals surface area contributed by atoms with Crippen molar-refractivity contribution in [3.8, 4) is 5.75 Å². The zero-order chi connectivity index (χ0) is 34.1. The van der Waals surface area contributed by atoms with E-state index in [0.29, 0.717) is 39.5 Å². The Hall–Kier alpha value is -6.54. The number of furan rings is 2. The Bertz CT molecular complexity index is 2990. The Labute approximate surface area is 284 Å². The van der Waals surface area contributed by atoms with Crippen LogP contribution in [0.4, 0.5) is 5.69 Å². The van der Waals surface area contributed by atoms with Crippen LogP contribution in [0.2, 0.25) is 0 Å². The number of fused-ring (bicyclic) bond motifs is 8. The predicted molar refractivity (Wildman–Crippen MR) is 193 cm³/mol. The van der Waals surface area contributed by atoms with E-state index in [4.69, 9.17) is 18.0 Å². The standard InChI is InChI=1S/C40H24N2O7S/c1-3-11-40(50(43,44)45)42-31-23-35-29(27-15-8-10-17-33(27)47-35)21-37(31)49-39(42)19-25(24-12-5-4-6-13-24)18-38-41(2)30-22-34-28(20-36(30)48-38)26-14-7-9-16-32(26)46-34/h4-10,12-23H,1H2,2H3/p+1. The van der Waals surface area contributed by atoms with Gasteiger partial charge in [-0.1, -0.05) is 77.0 Å². The maximum absolute atomic E-state index is 12.8. The smallest absolute Gasteiger partial charge is 0.385 e. The minimum atomic E-state index is -4.85. The summed E-state index contributed by atoms with van der Waals surface area (Å²) in [5.74, 6) is 1.24. The van der Waals surface area contributed by atoms with E-state index >= 15 is 0 Å². The second-order valence-electron chi connectivity index (χ2n) is 11.8. The molecule has 50 heavy (non-hydrogen) atoms. The van der Waals surface area contributed by atoms with Crippen molar-refractivity contribution >= 4 is 87.5 Å². The molecular weight excluding hydrogens is 653 g/mol. The van der Waals surface area contributed by atoms with Crippen LogP contribution in [-0.2, 0) is 10.1 Å². The zero-order valence-corrected chi connectivity index (χ0v) is 27.2. The molecule has 10 heteroatoms. The molecule has 0 saturated heterocycles. The van der Waals surface area contributed by atoms with Crippen molar-refractivity contribution in [3.63, 3.8) is 0 Å². The first-order valence-electron chi connectivity index (χ1n) is 15.6. The fraction of sp³-hybridized carbons (Fsp3) is 0.0250. The summed E-state index contributed by atoms with van der Waals surface area (Å²) in [6, 6.07) is 32.3. The summed E-state index contributed by atoms with van der Waals surface area (Å²) >= 11 is 0. The molecule has 9 rings (SSSR count). The lowest BCUT2D eigenvalue weighted by Crippen LogP contribution is -2.37. The Morgan fingerprint density at radius 1 is 0.780 bits per heavy atom. The van der Waals surface area contributed by atoms with Gasteiger partial charge in [0.05, 0.1) is 17.8 Å². The molecule has 5 aromatic carbocycles. The molecule has 0 amide bonds. The second-order valence-corrected chi connectivity index (χ2v) is 13.1. The quantitative estimate of drug-likeness (QED) is 0.109. The van der Waals surface area contributed by atoms with Gasteiger partial charge in [-0.15, -0.1) is 0 Å². The van der Waals surface area contributed by atoms with Gasteiger partial charge in [0, 0.05) is 46.5 Å². The molecule has 4 heterocycles. The van der Waals surface area contributed by atoms with Crippen LogP contribution in [0, 0.1) is 0 Å². The minimum Gasteiger partial charge on any atom is -0.456 e. The lowest BCUT2D eigenvalue weighted by atomic mass is 10.1. The highest BCUT2D eigenvalue weighted by Gasteiger charge is 2.35. The number of para-hydroxylation sites is 2. The van der Waals surface area contributed by atoms with Crippen molar-refractivity contribution in [2.75, 3.05) is 11.9 Å². The van der Waals surface area contributed by atoms with E-state index in [9.17, 15) is 13.0 Å². The topological polar surface area (TPSA) is 110 Å². The lowest BCUT2D eigenvalue weighted by molar-refractivity contribution is -0.553. The monoisotopic (exact) mass is 677 g/mol. The van der Waals surface area contributed by atoms with Crippen molar-refractivity contribution in [1.82, 2.24) is 0 Å². The Morgan fingerprint density at radius 3 is 2.10 bits per heavy atom. The van der Waals surface area contributed by atoms with Crippen molar-refractivity contribution in [2.45, 2.75) is 0 Å². The van der Waals surface area contributed by atoms with Gasteiger partial charge in [-0.3, -0.25) is 4.55 Å². The van der Waals surface area contributed by atoms with Gasteiger partial charge < -0.3 is 22.9 Å². The van der Waals surface area contributed by atoms with Gasteiger partial charge in [0.25, 0.3) is 5.52 Å². The van der Waals surface area contributed by atoms with Crippen LogP contribution >= 0.6 is 0 Å². The number of hydrogen-bond acceptors (Lipinski definition) is 7. The fourth-order valence-electron chi connectivity index (χ4n) is 6.50. The van der Waals surface area contributed by atoms with E-state index in [2.05, 4.69) is 18.0 Å². The first kappa shape index (κ1) is 29.6. The van der Waals surface area contributed by atoms with Crippen LogP contribution in [-0.4, -0.2) is 20.0 Å². The van der Waals surface area contributed by atoms with Gasteiger partial charge in [0.1, 0.15) is 22.3 Å². The number of aromatic nitrogens is 1. The Kier molecular flexibility index (Phi) is 6.51. The lowest BCUT2D eigenvalue weighted by Gasteiger charge is -2.12. The molecule has 0 atom stereocenters. The molecule has 1 N–H and O–H groups in total. The molecular formula is C40H25N2O7S+. The molecule has 0 aliphatic carbocycles. The molecule has 0 spiro atoms. The zero-order valence-electron chi connectivity index (χ0n) is 26.4. The third kappa shape index (κ3) is 4.68. The van der Waals surface area contributed by atoms with Crippen LogP contribution in [0.15, 0.2) is 146 Å².